The summed E-state index contributed by atoms with van der Waals surface area (Å²) in [6.45, 7) is 14.7. The van der Waals surface area contributed by atoms with E-state index in [9.17, 15) is 4.79 Å². The second-order valence-electron chi connectivity index (χ2n) is 10.4. The van der Waals surface area contributed by atoms with Gasteiger partial charge in [-0.1, -0.05) is 39.0 Å². The van der Waals surface area contributed by atoms with Gasteiger partial charge in [0, 0.05) is 6.61 Å². The number of methoxy groups -OCH3 is 1. The van der Waals surface area contributed by atoms with Gasteiger partial charge >= 0.3 is 5.97 Å². The number of hydrogen-bond acceptors (Lipinski definition) is 14. The molecule has 0 atom stereocenters. The quantitative estimate of drug-likeness (QED) is 0.0681. The van der Waals surface area contributed by atoms with E-state index in [-0.39, 0.29) is 12.4 Å². The highest BCUT2D eigenvalue weighted by Gasteiger charge is 2.00. The van der Waals surface area contributed by atoms with E-state index in [1.54, 1.807) is 0 Å². The van der Waals surface area contributed by atoms with E-state index in [1.807, 2.05) is 0 Å². The summed E-state index contributed by atoms with van der Waals surface area (Å²) in [5, 5.41) is 0. The Balaban J connectivity index is 3.05. The van der Waals surface area contributed by atoms with E-state index in [4.69, 9.17) is 56.8 Å². The second-order valence-corrected chi connectivity index (χ2v) is 10.4. The molecule has 0 saturated heterocycles. The minimum atomic E-state index is -0.285. The Morgan fingerprint density at radius 1 is 0.312 bits per heavy atom. The Bertz CT molecular complexity index is 602. The van der Waals surface area contributed by atoms with Crippen LogP contribution in [0.15, 0.2) is 0 Å². The molecule has 0 rings (SSSR count). The SMILES string of the molecule is CCCCCCCCOCCOCCOCCOCCOCCOCCOCCOCCOCCOCCOCCOCCC(=O)OC. The first kappa shape index (κ1) is 47.0. The number of carbonyl (C=O) groups excluding carboxylic acids is 1. The van der Waals surface area contributed by atoms with Crippen molar-refractivity contribution in [2.24, 2.45) is 0 Å². The monoisotopic (exact) mass is 700 g/mol. The zero-order valence-corrected chi connectivity index (χ0v) is 30.1. The molecule has 0 aromatic carbocycles. The molecule has 0 radical (unpaired) electrons. The Hall–Kier alpha value is -1.01. The first-order valence-electron chi connectivity index (χ1n) is 17.8. The molecule has 0 fully saturated rings. The van der Waals surface area contributed by atoms with Crippen LogP contribution in [-0.2, 0) is 66.4 Å². The lowest BCUT2D eigenvalue weighted by Crippen LogP contribution is -2.15. The summed E-state index contributed by atoms with van der Waals surface area (Å²) in [5.74, 6) is -0.285. The van der Waals surface area contributed by atoms with Crippen LogP contribution in [0.2, 0.25) is 0 Å². The zero-order valence-electron chi connectivity index (χ0n) is 30.1. The van der Waals surface area contributed by atoms with E-state index in [1.165, 1.54) is 39.2 Å². The molecule has 0 heterocycles. The fourth-order valence-electron chi connectivity index (χ4n) is 3.76. The van der Waals surface area contributed by atoms with Crippen LogP contribution in [0.3, 0.4) is 0 Å². The summed E-state index contributed by atoms with van der Waals surface area (Å²) in [5.41, 5.74) is 0. The third-order valence-electron chi connectivity index (χ3n) is 6.41. The largest absolute Gasteiger partial charge is 0.469 e. The van der Waals surface area contributed by atoms with Gasteiger partial charge in [-0.05, 0) is 6.42 Å². The Kier molecular flexibility index (Phi) is 43.1. The van der Waals surface area contributed by atoms with Gasteiger partial charge < -0.3 is 61.6 Å². The molecule has 0 saturated carbocycles. The molecule has 0 aliphatic carbocycles. The van der Waals surface area contributed by atoms with Gasteiger partial charge in [0.25, 0.3) is 0 Å². The van der Waals surface area contributed by atoms with E-state index in [2.05, 4.69) is 11.7 Å². The predicted octanol–water partition coefficient (Wildman–Crippen LogP) is 3.11. The Morgan fingerprint density at radius 2 is 0.542 bits per heavy atom. The summed E-state index contributed by atoms with van der Waals surface area (Å²) in [6, 6.07) is 0. The fraction of sp³-hybridized carbons (Fsp3) is 0.971. The average Bonchev–Trinajstić information content (AvgIpc) is 3.10. The van der Waals surface area contributed by atoms with Gasteiger partial charge in [0.2, 0.25) is 0 Å². The van der Waals surface area contributed by atoms with E-state index < -0.39 is 0 Å². The van der Waals surface area contributed by atoms with Crippen molar-refractivity contribution in [3.8, 4) is 0 Å². The molecule has 0 aromatic rings. The molecule has 0 unspecified atom stereocenters. The highest BCUT2D eigenvalue weighted by Crippen LogP contribution is 2.04. The van der Waals surface area contributed by atoms with Crippen LogP contribution in [0.1, 0.15) is 51.9 Å². The molecule has 0 N–H and O–H groups in total. The van der Waals surface area contributed by atoms with Gasteiger partial charge in [-0.3, -0.25) is 4.79 Å². The second kappa shape index (κ2) is 44.0. The minimum Gasteiger partial charge on any atom is -0.469 e. The summed E-state index contributed by atoms with van der Waals surface area (Å²) < 4.78 is 70.1. The summed E-state index contributed by atoms with van der Waals surface area (Å²) >= 11 is 0. The molecule has 0 aromatic heterocycles. The van der Waals surface area contributed by atoms with E-state index >= 15 is 0 Å². The van der Waals surface area contributed by atoms with Crippen molar-refractivity contribution in [3.63, 3.8) is 0 Å². The number of esters is 1. The topological polar surface area (TPSA) is 137 Å². The van der Waals surface area contributed by atoms with Crippen LogP contribution >= 0.6 is 0 Å². The van der Waals surface area contributed by atoms with Gasteiger partial charge in [0.1, 0.15) is 0 Å². The first-order valence-corrected chi connectivity index (χ1v) is 17.8. The maximum Gasteiger partial charge on any atom is 0.307 e. The first-order chi connectivity index (χ1) is 23.8. The standard InChI is InChI=1S/C34H68O14/c1-3-4-5-6-7-8-10-37-12-14-39-16-18-41-20-22-43-24-26-45-28-30-47-32-33-48-31-29-46-27-25-44-23-21-42-19-17-40-15-13-38-11-9-34(35)36-2/h3-33H2,1-2H3. The lowest BCUT2D eigenvalue weighted by atomic mass is 10.1. The third kappa shape index (κ3) is 43.0. The lowest BCUT2D eigenvalue weighted by molar-refractivity contribution is -0.141. The Labute approximate surface area is 289 Å². The zero-order chi connectivity index (χ0) is 34.7. The maximum absolute atomic E-state index is 10.9. The minimum absolute atomic E-state index is 0.246. The van der Waals surface area contributed by atoms with Gasteiger partial charge in [-0.15, -0.1) is 0 Å². The molecule has 14 nitrogen and oxygen atoms in total. The van der Waals surface area contributed by atoms with Crippen LogP contribution < -0.4 is 0 Å². The summed E-state index contributed by atoms with van der Waals surface area (Å²) in [7, 11) is 1.35. The maximum atomic E-state index is 10.9. The highest BCUT2D eigenvalue weighted by molar-refractivity contribution is 5.69. The molecule has 14 heteroatoms. The molecular formula is C34H68O14. The summed E-state index contributed by atoms with van der Waals surface area (Å²) in [6.07, 6.45) is 7.91. The molecule has 0 spiro atoms. The van der Waals surface area contributed by atoms with Gasteiger partial charge in [-0.25, -0.2) is 0 Å². The van der Waals surface area contributed by atoms with E-state index in [0.29, 0.717) is 152 Å². The van der Waals surface area contributed by atoms with Crippen LogP contribution in [0, 0.1) is 0 Å². The van der Waals surface area contributed by atoms with Gasteiger partial charge in [0.05, 0.1) is 165 Å². The smallest absolute Gasteiger partial charge is 0.307 e. The van der Waals surface area contributed by atoms with Crippen LogP contribution in [0.4, 0.5) is 0 Å². The average molecular weight is 701 g/mol. The molecule has 288 valence electrons. The number of carbonyl (C=O) groups is 1. The van der Waals surface area contributed by atoms with Crippen molar-refractivity contribution < 1.29 is 66.4 Å². The van der Waals surface area contributed by atoms with Crippen LogP contribution in [-0.4, -0.2) is 172 Å². The summed E-state index contributed by atoms with van der Waals surface area (Å²) in [4.78, 5) is 10.9. The van der Waals surface area contributed by atoms with Crippen molar-refractivity contribution in [1.29, 1.82) is 0 Å². The van der Waals surface area contributed by atoms with E-state index in [0.717, 1.165) is 13.0 Å². The van der Waals surface area contributed by atoms with Crippen LogP contribution in [0.25, 0.3) is 0 Å². The molecule has 0 aliphatic heterocycles. The van der Waals surface area contributed by atoms with Crippen LogP contribution in [0.5, 0.6) is 0 Å². The predicted molar refractivity (Wildman–Crippen MR) is 180 cm³/mol. The van der Waals surface area contributed by atoms with Crippen molar-refractivity contribution >= 4 is 5.97 Å². The third-order valence-corrected chi connectivity index (χ3v) is 6.41. The van der Waals surface area contributed by atoms with Crippen molar-refractivity contribution in [2.75, 3.05) is 166 Å². The number of hydrogen-bond donors (Lipinski definition) is 0. The van der Waals surface area contributed by atoms with Crippen molar-refractivity contribution in [3.05, 3.63) is 0 Å². The number of ether oxygens (including phenoxy) is 13. The molecule has 48 heavy (non-hydrogen) atoms. The highest BCUT2D eigenvalue weighted by atomic mass is 16.6. The Morgan fingerprint density at radius 3 is 0.812 bits per heavy atom. The normalized spacial score (nSPS) is 11.5. The lowest BCUT2D eigenvalue weighted by Gasteiger charge is -2.09. The van der Waals surface area contributed by atoms with Crippen molar-refractivity contribution in [1.82, 2.24) is 0 Å². The molecule has 0 amide bonds. The molecular weight excluding hydrogens is 632 g/mol. The molecule has 0 aliphatic rings. The van der Waals surface area contributed by atoms with Gasteiger partial charge in [-0.2, -0.15) is 0 Å². The fourth-order valence-corrected chi connectivity index (χ4v) is 3.76. The van der Waals surface area contributed by atoms with Gasteiger partial charge in [0.15, 0.2) is 0 Å². The number of unbranched alkanes of at least 4 members (excludes halogenated alkanes) is 5. The van der Waals surface area contributed by atoms with Crippen molar-refractivity contribution in [2.45, 2.75) is 51.9 Å². The molecule has 0 bridgehead atoms. The number of rotatable bonds is 43.